The Morgan fingerprint density at radius 2 is 1.81 bits per heavy atom. The predicted molar refractivity (Wildman–Crippen MR) is 141 cm³/mol. The zero-order valence-corrected chi connectivity index (χ0v) is 19.7. The van der Waals surface area contributed by atoms with Crippen LogP contribution in [0.4, 0.5) is 0 Å². The number of nitrogens with zero attached hydrogens (tertiary/aromatic N) is 4. The molecular formula is C29H23N5O2. The molecule has 1 N–H and O–H groups in total. The maximum Gasteiger partial charge on any atom is 0.259 e. The fourth-order valence-electron chi connectivity index (χ4n) is 3.88. The number of hydrogen-bond acceptors (Lipinski definition) is 5. The number of allylic oxidation sites excluding steroid dienone is 1. The van der Waals surface area contributed by atoms with E-state index in [1.54, 1.807) is 29.0 Å². The first-order chi connectivity index (χ1) is 17.7. The summed E-state index contributed by atoms with van der Waals surface area (Å²) in [5, 5.41) is 15.3. The molecule has 2 heterocycles. The highest BCUT2D eigenvalue weighted by Gasteiger charge is 2.15. The number of fused-ring (bicyclic) bond motifs is 1. The molecule has 5 rings (SSSR count). The van der Waals surface area contributed by atoms with E-state index in [2.05, 4.69) is 23.0 Å². The van der Waals surface area contributed by atoms with Crippen molar-refractivity contribution < 1.29 is 4.74 Å². The topological polar surface area (TPSA) is 96.6 Å². The first kappa shape index (κ1) is 22.8. The molecule has 7 heteroatoms. The summed E-state index contributed by atoms with van der Waals surface area (Å²) in [4.78, 5) is 19.9. The summed E-state index contributed by atoms with van der Waals surface area (Å²) in [5.74, 6) is 0.999. The van der Waals surface area contributed by atoms with Crippen molar-refractivity contribution in [3.05, 3.63) is 107 Å². The Bertz CT molecular complexity index is 1640. The SMILES string of the molecule is CCCOc1ccc(-c2nn(-c3ccccc3)cc2C=C(C#N)c2nc3ccccc3c(=O)[nH]2)cc1. The van der Waals surface area contributed by atoms with Crippen molar-refractivity contribution in [3.8, 4) is 28.8 Å². The van der Waals surface area contributed by atoms with E-state index >= 15 is 0 Å². The van der Waals surface area contributed by atoms with Gasteiger partial charge in [0.05, 0.1) is 34.5 Å². The number of benzene rings is 3. The molecule has 0 saturated carbocycles. The quantitative estimate of drug-likeness (QED) is 0.309. The van der Waals surface area contributed by atoms with E-state index in [0.29, 0.717) is 28.8 Å². The minimum absolute atomic E-state index is 0.211. The van der Waals surface area contributed by atoms with Crippen molar-refractivity contribution >= 4 is 22.6 Å². The number of nitriles is 1. The van der Waals surface area contributed by atoms with Crippen LogP contribution in [0.5, 0.6) is 5.75 Å². The van der Waals surface area contributed by atoms with Crippen molar-refractivity contribution in [1.29, 1.82) is 5.26 Å². The molecule has 0 aliphatic heterocycles. The van der Waals surface area contributed by atoms with Crippen LogP contribution in [0.15, 0.2) is 89.9 Å². The predicted octanol–water partition coefficient (Wildman–Crippen LogP) is 5.63. The fraction of sp³-hybridized carbons (Fsp3) is 0.103. The maximum absolute atomic E-state index is 12.6. The van der Waals surface area contributed by atoms with E-state index in [9.17, 15) is 10.1 Å². The van der Waals surface area contributed by atoms with Crippen LogP contribution in [-0.2, 0) is 0 Å². The highest BCUT2D eigenvalue weighted by Crippen LogP contribution is 2.28. The van der Waals surface area contributed by atoms with Gasteiger partial charge in [-0.25, -0.2) is 9.67 Å². The number of H-pyrrole nitrogens is 1. The van der Waals surface area contributed by atoms with Crippen LogP contribution >= 0.6 is 0 Å². The lowest BCUT2D eigenvalue weighted by atomic mass is 10.1. The molecule has 0 atom stereocenters. The lowest BCUT2D eigenvalue weighted by molar-refractivity contribution is 0.317. The van der Waals surface area contributed by atoms with Crippen LogP contribution in [0, 0.1) is 11.3 Å². The minimum Gasteiger partial charge on any atom is -0.494 e. The van der Waals surface area contributed by atoms with Gasteiger partial charge >= 0.3 is 0 Å². The number of aromatic nitrogens is 4. The Kier molecular flexibility index (Phi) is 6.41. The molecule has 0 unspecified atom stereocenters. The van der Waals surface area contributed by atoms with Crippen molar-refractivity contribution in [3.63, 3.8) is 0 Å². The monoisotopic (exact) mass is 473 g/mol. The molecular weight excluding hydrogens is 450 g/mol. The van der Waals surface area contributed by atoms with Gasteiger partial charge in [0, 0.05) is 17.3 Å². The average Bonchev–Trinajstić information content (AvgIpc) is 3.35. The third-order valence-electron chi connectivity index (χ3n) is 5.65. The van der Waals surface area contributed by atoms with Gasteiger partial charge in [0.1, 0.15) is 11.8 Å². The number of rotatable bonds is 7. The largest absolute Gasteiger partial charge is 0.494 e. The third kappa shape index (κ3) is 4.65. The molecule has 0 aliphatic carbocycles. The molecule has 0 spiro atoms. The second kappa shape index (κ2) is 10.1. The molecule has 0 amide bonds. The molecule has 5 aromatic rings. The summed E-state index contributed by atoms with van der Waals surface area (Å²) in [7, 11) is 0. The molecule has 0 bridgehead atoms. The van der Waals surface area contributed by atoms with Gasteiger partial charge in [-0.3, -0.25) is 4.79 Å². The molecule has 2 aromatic heterocycles. The molecule has 36 heavy (non-hydrogen) atoms. The molecule has 7 nitrogen and oxygen atoms in total. The van der Waals surface area contributed by atoms with Crippen LogP contribution in [0.2, 0.25) is 0 Å². The third-order valence-corrected chi connectivity index (χ3v) is 5.65. The summed E-state index contributed by atoms with van der Waals surface area (Å²) >= 11 is 0. The van der Waals surface area contributed by atoms with Crippen molar-refractivity contribution in [2.75, 3.05) is 6.61 Å². The van der Waals surface area contributed by atoms with Crippen LogP contribution in [0.25, 0.3) is 39.5 Å². The number of nitrogens with one attached hydrogen (secondary N) is 1. The molecule has 3 aromatic carbocycles. The normalized spacial score (nSPS) is 11.4. The first-order valence-electron chi connectivity index (χ1n) is 11.7. The number of ether oxygens (including phenoxy) is 1. The lowest BCUT2D eigenvalue weighted by Gasteiger charge is -2.06. The van der Waals surface area contributed by atoms with Crippen LogP contribution in [0.1, 0.15) is 24.7 Å². The zero-order valence-electron chi connectivity index (χ0n) is 19.7. The molecule has 0 aliphatic rings. The van der Waals surface area contributed by atoms with Gasteiger partial charge in [0.25, 0.3) is 5.56 Å². The van der Waals surface area contributed by atoms with Gasteiger partial charge in [0.2, 0.25) is 0 Å². The smallest absolute Gasteiger partial charge is 0.259 e. The number of para-hydroxylation sites is 2. The van der Waals surface area contributed by atoms with E-state index < -0.39 is 0 Å². The van der Waals surface area contributed by atoms with Gasteiger partial charge in [0.15, 0.2) is 5.82 Å². The van der Waals surface area contributed by atoms with E-state index in [1.807, 2.05) is 66.9 Å². The zero-order chi connectivity index (χ0) is 24.9. The number of hydrogen-bond donors (Lipinski definition) is 1. The minimum atomic E-state index is -0.292. The molecule has 0 saturated heterocycles. The molecule has 0 radical (unpaired) electrons. The number of aromatic amines is 1. The van der Waals surface area contributed by atoms with E-state index in [1.165, 1.54) is 0 Å². The van der Waals surface area contributed by atoms with Crippen LogP contribution in [-0.4, -0.2) is 26.4 Å². The highest BCUT2D eigenvalue weighted by atomic mass is 16.5. The van der Waals surface area contributed by atoms with E-state index in [-0.39, 0.29) is 17.0 Å². The Hall–Kier alpha value is -4.96. The van der Waals surface area contributed by atoms with Crippen LogP contribution in [0.3, 0.4) is 0 Å². The summed E-state index contributed by atoms with van der Waals surface area (Å²) in [6.07, 6.45) is 4.50. The summed E-state index contributed by atoms with van der Waals surface area (Å²) in [6.45, 7) is 2.71. The average molecular weight is 474 g/mol. The van der Waals surface area contributed by atoms with E-state index in [0.717, 1.165) is 23.4 Å². The molecule has 0 fully saturated rings. The fourth-order valence-corrected chi connectivity index (χ4v) is 3.88. The summed E-state index contributed by atoms with van der Waals surface area (Å²) in [5.41, 5.74) is 3.63. The van der Waals surface area contributed by atoms with Crippen molar-refractivity contribution in [1.82, 2.24) is 19.7 Å². The Morgan fingerprint density at radius 3 is 2.56 bits per heavy atom. The Balaban J connectivity index is 1.62. The lowest BCUT2D eigenvalue weighted by Crippen LogP contribution is -2.11. The van der Waals surface area contributed by atoms with Crippen LogP contribution < -0.4 is 10.3 Å². The van der Waals surface area contributed by atoms with Gasteiger partial charge in [-0.2, -0.15) is 10.4 Å². The van der Waals surface area contributed by atoms with E-state index in [4.69, 9.17) is 9.84 Å². The van der Waals surface area contributed by atoms with Gasteiger partial charge < -0.3 is 9.72 Å². The first-order valence-corrected chi connectivity index (χ1v) is 11.7. The second-order valence-corrected chi connectivity index (χ2v) is 8.19. The van der Waals surface area contributed by atoms with Gasteiger partial charge in [-0.15, -0.1) is 0 Å². The Labute approximate surface area is 207 Å². The second-order valence-electron chi connectivity index (χ2n) is 8.19. The summed E-state index contributed by atoms with van der Waals surface area (Å²) < 4.78 is 7.49. The van der Waals surface area contributed by atoms with Crippen molar-refractivity contribution in [2.45, 2.75) is 13.3 Å². The standard InChI is InChI=1S/C29H23N5O2/c1-2-16-36-24-14-12-20(13-15-24)27-22(19-34(33-27)23-8-4-3-5-9-23)17-21(18-30)28-31-26-11-7-6-10-25(26)29(35)32-28/h3-15,17,19H,2,16H2,1H3,(H,31,32,35). The molecule has 176 valence electrons. The maximum atomic E-state index is 12.6. The Morgan fingerprint density at radius 1 is 1.06 bits per heavy atom. The summed E-state index contributed by atoms with van der Waals surface area (Å²) in [6, 6.07) is 26.7. The van der Waals surface area contributed by atoms with Gasteiger partial charge in [-0.1, -0.05) is 37.3 Å². The highest BCUT2D eigenvalue weighted by molar-refractivity contribution is 5.91. The van der Waals surface area contributed by atoms with Crippen molar-refractivity contribution in [2.24, 2.45) is 0 Å². The van der Waals surface area contributed by atoms with Gasteiger partial charge in [-0.05, 0) is 61.0 Å².